The smallest absolute Gasteiger partial charge is 0.345 e. The van der Waals surface area contributed by atoms with Crippen molar-refractivity contribution in [2.24, 2.45) is 0 Å². The Labute approximate surface area is 129 Å². The summed E-state index contributed by atoms with van der Waals surface area (Å²) >= 11 is 5.80. The van der Waals surface area contributed by atoms with Gasteiger partial charge in [0.25, 0.3) is 0 Å². The first-order valence-corrected chi connectivity index (χ1v) is 7.04. The molecule has 0 amide bonds. The molecule has 0 unspecified atom stereocenters. The van der Waals surface area contributed by atoms with Crippen LogP contribution in [0, 0.1) is 13.8 Å². The van der Waals surface area contributed by atoms with Gasteiger partial charge >= 0.3 is 5.97 Å². The highest BCUT2D eigenvalue weighted by molar-refractivity contribution is 6.30. The van der Waals surface area contributed by atoms with Crippen LogP contribution in [0.25, 0.3) is 0 Å². The van der Waals surface area contributed by atoms with Crippen molar-refractivity contribution < 1.29 is 14.6 Å². The summed E-state index contributed by atoms with van der Waals surface area (Å²) in [6, 6.07) is 12.6. The molecule has 0 aromatic heterocycles. The third-order valence-electron chi connectivity index (χ3n) is 3.27. The van der Waals surface area contributed by atoms with Crippen LogP contribution in [0.15, 0.2) is 42.5 Å². The van der Waals surface area contributed by atoms with Crippen LogP contribution < -0.4 is 4.74 Å². The molecule has 0 aliphatic heterocycles. The Kier molecular flexibility index (Phi) is 4.86. The Morgan fingerprint density at radius 1 is 1.19 bits per heavy atom. The number of hydrogen-bond donors (Lipinski definition) is 1. The molecule has 1 N–H and O–H groups in total. The Hall–Kier alpha value is -2.00. The fraction of sp³-hybridized carbons (Fsp3) is 0.235. The lowest BCUT2D eigenvalue weighted by Gasteiger charge is -2.16. The number of ether oxygens (including phenoxy) is 1. The maximum Gasteiger partial charge on any atom is 0.345 e. The molecule has 0 heterocycles. The standard InChI is InChI=1S/C17H17ClO3/c1-11-3-4-13(12(2)9-11)10-16(17(19)20)21-15-7-5-14(18)6-8-15/h3-9,16H,10H2,1-2H3,(H,19,20)/t16-/m1/s1. The van der Waals surface area contributed by atoms with Gasteiger partial charge in [0.1, 0.15) is 5.75 Å². The Morgan fingerprint density at radius 2 is 1.86 bits per heavy atom. The number of benzene rings is 2. The molecule has 2 rings (SSSR count). The maximum absolute atomic E-state index is 11.4. The second kappa shape index (κ2) is 6.64. The molecule has 0 aliphatic rings. The van der Waals surface area contributed by atoms with Gasteiger partial charge in [0, 0.05) is 11.4 Å². The van der Waals surface area contributed by atoms with Gasteiger partial charge in [-0.1, -0.05) is 35.4 Å². The predicted octanol–water partition coefficient (Wildman–Crippen LogP) is 4.03. The van der Waals surface area contributed by atoms with E-state index in [1.165, 1.54) is 0 Å². The summed E-state index contributed by atoms with van der Waals surface area (Å²) in [5, 5.41) is 9.93. The van der Waals surface area contributed by atoms with Crippen molar-refractivity contribution in [1.29, 1.82) is 0 Å². The molecule has 0 radical (unpaired) electrons. The molecule has 21 heavy (non-hydrogen) atoms. The molecular formula is C17H17ClO3. The van der Waals surface area contributed by atoms with Crippen molar-refractivity contribution in [1.82, 2.24) is 0 Å². The van der Waals surface area contributed by atoms with E-state index in [1.54, 1.807) is 24.3 Å². The van der Waals surface area contributed by atoms with Gasteiger partial charge in [-0.3, -0.25) is 0 Å². The first-order chi connectivity index (χ1) is 9.95. The summed E-state index contributed by atoms with van der Waals surface area (Å²) in [4.78, 5) is 11.4. The summed E-state index contributed by atoms with van der Waals surface area (Å²) < 4.78 is 5.56. The zero-order chi connectivity index (χ0) is 15.4. The number of rotatable bonds is 5. The van der Waals surface area contributed by atoms with Gasteiger partial charge in [-0.15, -0.1) is 0 Å². The van der Waals surface area contributed by atoms with Gasteiger partial charge in [0.2, 0.25) is 0 Å². The summed E-state index contributed by atoms with van der Waals surface area (Å²) in [7, 11) is 0. The minimum Gasteiger partial charge on any atom is -0.478 e. The van der Waals surface area contributed by atoms with Crippen molar-refractivity contribution >= 4 is 17.6 Å². The van der Waals surface area contributed by atoms with Gasteiger partial charge in [-0.2, -0.15) is 0 Å². The van der Waals surface area contributed by atoms with E-state index in [4.69, 9.17) is 16.3 Å². The second-order valence-corrected chi connectivity index (χ2v) is 5.47. The fourth-order valence-electron chi connectivity index (χ4n) is 2.13. The van der Waals surface area contributed by atoms with E-state index in [2.05, 4.69) is 0 Å². The van der Waals surface area contributed by atoms with Gasteiger partial charge in [0.05, 0.1) is 0 Å². The monoisotopic (exact) mass is 304 g/mol. The van der Waals surface area contributed by atoms with Crippen LogP contribution >= 0.6 is 11.6 Å². The molecule has 1 atom stereocenters. The largest absolute Gasteiger partial charge is 0.478 e. The van der Waals surface area contributed by atoms with Crippen molar-refractivity contribution in [3.8, 4) is 5.75 Å². The van der Waals surface area contributed by atoms with E-state index in [9.17, 15) is 9.90 Å². The predicted molar refractivity (Wildman–Crippen MR) is 83.1 cm³/mol. The second-order valence-electron chi connectivity index (χ2n) is 5.03. The Balaban J connectivity index is 2.15. The fourth-order valence-corrected chi connectivity index (χ4v) is 2.26. The highest BCUT2D eigenvalue weighted by Crippen LogP contribution is 2.19. The van der Waals surface area contributed by atoms with Crippen molar-refractivity contribution in [2.45, 2.75) is 26.4 Å². The molecule has 2 aromatic rings. The summed E-state index contributed by atoms with van der Waals surface area (Å²) in [5.41, 5.74) is 3.20. The Bertz CT molecular complexity index is 635. The SMILES string of the molecule is Cc1ccc(C[C@@H](Oc2ccc(Cl)cc2)C(=O)O)c(C)c1. The molecule has 0 aliphatic carbocycles. The number of carboxylic acid groups (broad SMARTS) is 1. The first-order valence-electron chi connectivity index (χ1n) is 6.67. The molecule has 3 nitrogen and oxygen atoms in total. The third-order valence-corrected chi connectivity index (χ3v) is 3.52. The molecule has 0 bridgehead atoms. The number of hydrogen-bond acceptors (Lipinski definition) is 2. The molecule has 2 aromatic carbocycles. The van der Waals surface area contributed by atoms with E-state index in [0.29, 0.717) is 17.2 Å². The summed E-state index contributed by atoms with van der Waals surface area (Å²) in [5.74, 6) is -0.485. The van der Waals surface area contributed by atoms with Crippen LogP contribution in [-0.4, -0.2) is 17.2 Å². The topological polar surface area (TPSA) is 46.5 Å². The van der Waals surface area contributed by atoms with Crippen LogP contribution in [-0.2, 0) is 11.2 Å². The molecule has 4 heteroatoms. The van der Waals surface area contributed by atoms with Gasteiger partial charge < -0.3 is 9.84 Å². The highest BCUT2D eigenvalue weighted by Gasteiger charge is 2.21. The van der Waals surface area contributed by atoms with E-state index in [0.717, 1.165) is 16.7 Å². The van der Waals surface area contributed by atoms with Gasteiger partial charge in [0.15, 0.2) is 6.10 Å². The average Bonchev–Trinajstić information content (AvgIpc) is 2.43. The lowest BCUT2D eigenvalue weighted by molar-refractivity contribution is -0.145. The number of carbonyl (C=O) groups is 1. The normalized spacial score (nSPS) is 12.0. The molecule has 110 valence electrons. The average molecular weight is 305 g/mol. The number of aliphatic carboxylic acids is 1. The minimum absolute atomic E-state index is 0.323. The number of halogens is 1. The number of carboxylic acids is 1. The highest BCUT2D eigenvalue weighted by atomic mass is 35.5. The van der Waals surface area contributed by atoms with Gasteiger partial charge in [-0.25, -0.2) is 4.79 Å². The van der Waals surface area contributed by atoms with Crippen molar-refractivity contribution in [3.05, 3.63) is 64.2 Å². The first kappa shape index (κ1) is 15.4. The Morgan fingerprint density at radius 3 is 2.43 bits per heavy atom. The zero-order valence-corrected chi connectivity index (χ0v) is 12.7. The molecule has 0 fully saturated rings. The van der Waals surface area contributed by atoms with E-state index in [1.807, 2.05) is 32.0 Å². The van der Waals surface area contributed by atoms with E-state index in [-0.39, 0.29) is 0 Å². The lowest BCUT2D eigenvalue weighted by Crippen LogP contribution is -2.29. The van der Waals surface area contributed by atoms with Crippen LogP contribution in [0.1, 0.15) is 16.7 Å². The van der Waals surface area contributed by atoms with Crippen LogP contribution in [0.4, 0.5) is 0 Å². The summed E-state index contributed by atoms with van der Waals surface area (Å²) in [6.07, 6.45) is -0.600. The number of aryl methyl sites for hydroxylation is 2. The molecule has 0 saturated heterocycles. The quantitative estimate of drug-likeness (QED) is 0.907. The molecular weight excluding hydrogens is 288 g/mol. The zero-order valence-electron chi connectivity index (χ0n) is 12.0. The van der Waals surface area contributed by atoms with E-state index < -0.39 is 12.1 Å². The van der Waals surface area contributed by atoms with E-state index >= 15 is 0 Å². The van der Waals surface area contributed by atoms with Crippen LogP contribution in [0.5, 0.6) is 5.75 Å². The molecule has 0 spiro atoms. The van der Waals surface area contributed by atoms with Crippen molar-refractivity contribution in [2.75, 3.05) is 0 Å². The lowest BCUT2D eigenvalue weighted by atomic mass is 10.0. The minimum atomic E-state index is -0.982. The van der Waals surface area contributed by atoms with Crippen LogP contribution in [0.2, 0.25) is 5.02 Å². The molecule has 0 saturated carbocycles. The van der Waals surface area contributed by atoms with Crippen LogP contribution in [0.3, 0.4) is 0 Å². The van der Waals surface area contributed by atoms with Crippen molar-refractivity contribution in [3.63, 3.8) is 0 Å². The summed E-state index contributed by atoms with van der Waals surface area (Å²) in [6.45, 7) is 3.99. The van der Waals surface area contributed by atoms with Gasteiger partial charge in [-0.05, 0) is 49.2 Å². The third kappa shape index (κ3) is 4.23. The maximum atomic E-state index is 11.4.